The Morgan fingerprint density at radius 3 is 2.64 bits per heavy atom. The molecule has 7 heteroatoms. The molecule has 1 fully saturated rings. The van der Waals surface area contributed by atoms with Crippen LogP contribution in [0.1, 0.15) is 51.0 Å². The molecule has 0 atom stereocenters. The number of hydrogen-bond donors (Lipinski definition) is 2. The van der Waals surface area contributed by atoms with Crippen LogP contribution < -0.4 is 15.5 Å². The summed E-state index contributed by atoms with van der Waals surface area (Å²) in [5.74, 6) is -0.433. The molecule has 28 heavy (non-hydrogen) atoms. The number of carbonyl (C=O) groups excluding carboxylic acids is 3. The summed E-state index contributed by atoms with van der Waals surface area (Å²) in [5.41, 5.74) is 1.48. The first-order valence-corrected chi connectivity index (χ1v) is 10.1. The number of esters is 1. The van der Waals surface area contributed by atoms with Gasteiger partial charge in [-0.2, -0.15) is 0 Å². The molecule has 2 aliphatic rings. The molecule has 0 radical (unpaired) electrons. The number of hydrogen-bond acceptors (Lipinski definition) is 4. The van der Waals surface area contributed by atoms with Gasteiger partial charge < -0.3 is 20.3 Å². The molecule has 3 rings (SSSR count). The van der Waals surface area contributed by atoms with E-state index in [1.807, 2.05) is 24.3 Å². The van der Waals surface area contributed by atoms with Gasteiger partial charge >= 0.3 is 12.0 Å². The van der Waals surface area contributed by atoms with Crippen LogP contribution in [0.4, 0.5) is 10.5 Å². The minimum atomic E-state index is -0.585. The summed E-state index contributed by atoms with van der Waals surface area (Å²) in [6.45, 7) is 2.66. The van der Waals surface area contributed by atoms with E-state index in [9.17, 15) is 14.4 Å². The lowest BCUT2D eigenvalue weighted by Crippen LogP contribution is -2.55. The van der Waals surface area contributed by atoms with Crippen molar-refractivity contribution in [1.82, 2.24) is 10.6 Å². The lowest BCUT2D eigenvalue weighted by molar-refractivity contribution is -0.145. The molecule has 1 aliphatic carbocycles. The van der Waals surface area contributed by atoms with Crippen LogP contribution in [0.25, 0.3) is 0 Å². The molecule has 0 saturated heterocycles. The quantitative estimate of drug-likeness (QED) is 0.734. The van der Waals surface area contributed by atoms with Gasteiger partial charge in [0.25, 0.3) is 0 Å². The Kier molecular flexibility index (Phi) is 6.54. The standard InChI is InChI=1S/C21H29N3O4/c1-2-28-19(26)14-21(11-6-3-7-12-21)23-20(27)22-15-18(25)24-13-10-16-8-4-5-9-17(16)24/h4-5,8-9H,2-3,6-7,10-15H2,1H3,(H2,22,23,27). The lowest BCUT2D eigenvalue weighted by atomic mass is 9.79. The van der Waals surface area contributed by atoms with Gasteiger partial charge in [0, 0.05) is 12.2 Å². The molecular formula is C21H29N3O4. The van der Waals surface area contributed by atoms with Gasteiger partial charge in [-0.3, -0.25) is 9.59 Å². The van der Waals surface area contributed by atoms with Gasteiger partial charge in [0.1, 0.15) is 0 Å². The number of ether oxygens (including phenoxy) is 1. The molecule has 2 N–H and O–H groups in total. The van der Waals surface area contributed by atoms with Gasteiger partial charge in [-0.05, 0) is 37.8 Å². The minimum Gasteiger partial charge on any atom is -0.466 e. The molecule has 1 aromatic carbocycles. The van der Waals surface area contributed by atoms with Crippen molar-refractivity contribution in [2.24, 2.45) is 0 Å². The zero-order valence-corrected chi connectivity index (χ0v) is 16.5. The van der Waals surface area contributed by atoms with E-state index in [0.29, 0.717) is 13.2 Å². The van der Waals surface area contributed by atoms with Gasteiger partial charge in [-0.25, -0.2) is 4.79 Å². The van der Waals surface area contributed by atoms with E-state index < -0.39 is 11.6 Å². The maximum absolute atomic E-state index is 12.6. The highest BCUT2D eigenvalue weighted by Gasteiger charge is 2.36. The summed E-state index contributed by atoms with van der Waals surface area (Å²) in [4.78, 5) is 38.7. The molecular weight excluding hydrogens is 358 g/mol. The molecule has 0 unspecified atom stereocenters. The first-order chi connectivity index (χ1) is 13.5. The van der Waals surface area contributed by atoms with Crippen molar-refractivity contribution in [3.05, 3.63) is 29.8 Å². The normalized spacial score (nSPS) is 17.5. The van der Waals surface area contributed by atoms with Crippen molar-refractivity contribution < 1.29 is 19.1 Å². The Morgan fingerprint density at radius 1 is 1.14 bits per heavy atom. The third-order valence-corrected chi connectivity index (χ3v) is 5.57. The van der Waals surface area contributed by atoms with Crippen molar-refractivity contribution in [1.29, 1.82) is 0 Å². The summed E-state index contributed by atoms with van der Waals surface area (Å²) >= 11 is 0. The molecule has 1 saturated carbocycles. The molecule has 0 spiro atoms. The van der Waals surface area contributed by atoms with Crippen LogP contribution in [0.5, 0.6) is 0 Å². The van der Waals surface area contributed by atoms with Gasteiger partial charge in [0.2, 0.25) is 5.91 Å². The highest BCUT2D eigenvalue weighted by atomic mass is 16.5. The number of benzene rings is 1. The fourth-order valence-corrected chi connectivity index (χ4v) is 4.20. The average molecular weight is 387 g/mol. The number of urea groups is 1. The van der Waals surface area contributed by atoms with E-state index in [4.69, 9.17) is 4.74 Å². The zero-order chi connectivity index (χ0) is 20.0. The van der Waals surface area contributed by atoms with Crippen LogP contribution in [0.2, 0.25) is 0 Å². The number of carbonyl (C=O) groups is 3. The maximum Gasteiger partial charge on any atom is 0.315 e. The number of para-hydroxylation sites is 1. The Hall–Kier alpha value is -2.57. The Morgan fingerprint density at radius 2 is 1.89 bits per heavy atom. The van der Waals surface area contributed by atoms with Crippen LogP contribution in [-0.2, 0) is 20.7 Å². The zero-order valence-electron chi connectivity index (χ0n) is 16.5. The number of amides is 3. The molecule has 1 heterocycles. The summed E-state index contributed by atoms with van der Waals surface area (Å²) in [5, 5.41) is 5.64. The first kappa shape index (κ1) is 20.2. The number of nitrogens with one attached hydrogen (secondary N) is 2. The van der Waals surface area contributed by atoms with Crippen molar-refractivity contribution in [3.8, 4) is 0 Å². The summed E-state index contributed by atoms with van der Waals surface area (Å²) < 4.78 is 5.08. The number of anilines is 1. The molecule has 0 aromatic heterocycles. The van der Waals surface area contributed by atoms with Crippen LogP contribution in [0.3, 0.4) is 0 Å². The molecule has 1 aliphatic heterocycles. The summed E-state index contributed by atoms with van der Waals surface area (Å²) in [6.07, 6.45) is 5.50. The maximum atomic E-state index is 12.6. The lowest BCUT2D eigenvalue weighted by Gasteiger charge is -2.37. The van der Waals surface area contributed by atoms with Crippen LogP contribution in [0, 0.1) is 0 Å². The van der Waals surface area contributed by atoms with Crippen LogP contribution in [-0.4, -0.2) is 43.1 Å². The fourth-order valence-electron chi connectivity index (χ4n) is 4.20. The van der Waals surface area contributed by atoms with Crippen LogP contribution in [0.15, 0.2) is 24.3 Å². The Labute approximate surface area is 165 Å². The van der Waals surface area contributed by atoms with Crippen molar-refractivity contribution >= 4 is 23.6 Å². The molecule has 152 valence electrons. The van der Waals surface area contributed by atoms with E-state index in [0.717, 1.165) is 49.8 Å². The van der Waals surface area contributed by atoms with Crippen molar-refractivity contribution in [3.63, 3.8) is 0 Å². The smallest absolute Gasteiger partial charge is 0.315 e. The van der Waals surface area contributed by atoms with Gasteiger partial charge in [0.15, 0.2) is 0 Å². The third kappa shape index (κ3) is 4.82. The molecule has 7 nitrogen and oxygen atoms in total. The van der Waals surface area contributed by atoms with E-state index in [1.165, 1.54) is 0 Å². The SMILES string of the molecule is CCOC(=O)CC1(NC(=O)NCC(=O)N2CCc3ccccc32)CCCCC1. The van der Waals surface area contributed by atoms with E-state index in [2.05, 4.69) is 10.6 Å². The largest absolute Gasteiger partial charge is 0.466 e. The van der Waals surface area contributed by atoms with Gasteiger partial charge in [-0.1, -0.05) is 37.5 Å². The second kappa shape index (κ2) is 9.08. The highest BCUT2D eigenvalue weighted by Crippen LogP contribution is 2.31. The monoisotopic (exact) mass is 387 g/mol. The van der Waals surface area contributed by atoms with E-state index in [1.54, 1.807) is 11.8 Å². The first-order valence-electron chi connectivity index (χ1n) is 10.1. The van der Waals surface area contributed by atoms with Crippen molar-refractivity contribution in [2.45, 2.75) is 57.4 Å². The minimum absolute atomic E-state index is 0.0738. The topological polar surface area (TPSA) is 87.7 Å². The van der Waals surface area contributed by atoms with Gasteiger partial charge in [0.05, 0.1) is 25.1 Å². The fraction of sp³-hybridized carbons (Fsp3) is 0.571. The Bertz CT molecular complexity index is 728. The average Bonchev–Trinajstić information content (AvgIpc) is 3.11. The predicted octanol–water partition coefficient (Wildman–Crippen LogP) is 2.53. The van der Waals surface area contributed by atoms with Crippen LogP contribution >= 0.6 is 0 Å². The summed E-state index contributed by atoms with van der Waals surface area (Å²) in [6, 6.07) is 7.41. The number of nitrogens with zero attached hydrogens (tertiary/aromatic N) is 1. The second-order valence-corrected chi connectivity index (χ2v) is 7.55. The van der Waals surface area contributed by atoms with Gasteiger partial charge in [-0.15, -0.1) is 0 Å². The molecule has 3 amide bonds. The number of fused-ring (bicyclic) bond motifs is 1. The Balaban J connectivity index is 1.55. The van der Waals surface area contributed by atoms with E-state index in [-0.39, 0.29) is 24.8 Å². The second-order valence-electron chi connectivity index (χ2n) is 7.55. The highest BCUT2D eigenvalue weighted by molar-refractivity contribution is 5.98. The molecule has 1 aromatic rings. The third-order valence-electron chi connectivity index (χ3n) is 5.57. The summed E-state index contributed by atoms with van der Waals surface area (Å²) in [7, 11) is 0. The molecule has 0 bridgehead atoms. The predicted molar refractivity (Wildman–Crippen MR) is 106 cm³/mol. The van der Waals surface area contributed by atoms with Crippen molar-refractivity contribution in [2.75, 3.05) is 24.6 Å². The number of rotatable bonds is 6. The van der Waals surface area contributed by atoms with E-state index >= 15 is 0 Å².